The van der Waals surface area contributed by atoms with Crippen molar-refractivity contribution in [1.29, 1.82) is 0 Å². The molecule has 0 aromatic heterocycles. The zero-order valence-corrected chi connectivity index (χ0v) is 11.4. The van der Waals surface area contributed by atoms with Gasteiger partial charge in [-0.15, -0.1) is 6.58 Å². The molecule has 96 valence electrons. The van der Waals surface area contributed by atoms with Crippen molar-refractivity contribution in [1.82, 2.24) is 0 Å². The second-order valence-electron chi connectivity index (χ2n) is 4.32. The van der Waals surface area contributed by atoms with Gasteiger partial charge in [-0.2, -0.15) is 0 Å². The fraction of sp³-hybridized carbons (Fsp3) is 0.529. The van der Waals surface area contributed by atoms with Gasteiger partial charge in [-0.25, -0.2) is 0 Å². The number of hydrogen-bond donors (Lipinski definition) is 0. The number of unbranched alkanes of at least 4 members (excludes halogenated alkanes) is 6. The van der Waals surface area contributed by atoms with E-state index in [4.69, 9.17) is 0 Å². The van der Waals surface area contributed by atoms with Crippen LogP contribution in [0.1, 0.15) is 58.3 Å². The molecular formula is C17H28. The van der Waals surface area contributed by atoms with Crippen LogP contribution in [0.25, 0.3) is 0 Å². The predicted octanol–water partition coefficient (Wildman–Crippen LogP) is 5.98. The summed E-state index contributed by atoms with van der Waals surface area (Å²) in [6, 6.07) is 0. The number of rotatable bonds is 11. The minimum absolute atomic E-state index is 0.950. The fourth-order valence-electron chi connectivity index (χ4n) is 1.60. The summed E-state index contributed by atoms with van der Waals surface area (Å²) in [4.78, 5) is 0. The van der Waals surface area contributed by atoms with Gasteiger partial charge in [0.25, 0.3) is 0 Å². The molecule has 0 bridgehead atoms. The Hall–Kier alpha value is -1.04. The number of hydrogen-bond acceptors (Lipinski definition) is 0. The Morgan fingerprint density at radius 3 is 2.12 bits per heavy atom. The van der Waals surface area contributed by atoms with Crippen molar-refractivity contribution in [3.63, 3.8) is 0 Å². The van der Waals surface area contributed by atoms with E-state index in [2.05, 4.69) is 50.0 Å². The lowest BCUT2D eigenvalue weighted by molar-refractivity contribution is 0.611. The standard InChI is InChI=1S/C17H28/c1-3-5-7-9-11-13-15-17-16-14-12-10-8-6-4-2/h3,7,9,11,13,15,17H,1,4-6,8,10,12,14,16H2,2H3/b9-7?,13-11+,17-15+. The summed E-state index contributed by atoms with van der Waals surface area (Å²) in [5.74, 6) is 0. The molecule has 0 aliphatic rings. The Bertz CT molecular complexity index is 230. The highest BCUT2D eigenvalue weighted by Crippen LogP contribution is 2.07. The molecule has 0 aliphatic heterocycles. The van der Waals surface area contributed by atoms with Crippen LogP contribution in [0.15, 0.2) is 49.1 Å². The van der Waals surface area contributed by atoms with Crippen molar-refractivity contribution in [3.8, 4) is 0 Å². The summed E-state index contributed by atoms with van der Waals surface area (Å²) in [5, 5.41) is 0. The molecule has 0 atom stereocenters. The maximum absolute atomic E-state index is 3.67. The van der Waals surface area contributed by atoms with E-state index in [9.17, 15) is 0 Å². The summed E-state index contributed by atoms with van der Waals surface area (Å²) < 4.78 is 0. The molecule has 0 fully saturated rings. The molecule has 0 aromatic carbocycles. The van der Waals surface area contributed by atoms with E-state index in [1.165, 1.54) is 44.9 Å². The van der Waals surface area contributed by atoms with Gasteiger partial charge < -0.3 is 0 Å². The van der Waals surface area contributed by atoms with Gasteiger partial charge in [-0.3, -0.25) is 0 Å². The monoisotopic (exact) mass is 232 g/mol. The first-order valence-corrected chi connectivity index (χ1v) is 7.01. The summed E-state index contributed by atoms with van der Waals surface area (Å²) in [5.41, 5.74) is 0. The first-order valence-electron chi connectivity index (χ1n) is 7.01. The van der Waals surface area contributed by atoms with Gasteiger partial charge >= 0.3 is 0 Å². The molecule has 0 heteroatoms. The lowest BCUT2D eigenvalue weighted by Crippen LogP contribution is -1.77. The number of allylic oxidation sites excluding steroid dienone is 7. The maximum atomic E-state index is 3.67. The lowest BCUT2D eigenvalue weighted by Gasteiger charge is -1.97. The third kappa shape index (κ3) is 15.0. The molecule has 0 N–H and O–H groups in total. The fourth-order valence-corrected chi connectivity index (χ4v) is 1.60. The first kappa shape index (κ1) is 16.0. The third-order valence-electron chi connectivity index (χ3n) is 2.63. The SMILES string of the molecule is C=CCC=C/C=C/C=C/CCCCCCCC. The molecule has 0 saturated heterocycles. The van der Waals surface area contributed by atoms with Crippen LogP contribution in [0.4, 0.5) is 0 Å². The van der Waals surface area contributed by atoms with Crippen LogP contribution in [0.2, 0.25) is 0 Å². The van der Waals surface area contributed by atoms with E-state index >= 15 is 0 Å². The normalized spacial score (nSPS) is 12.1. The van der Waals surface area contributed by atoms with E-state index in [1.807, 2.05) is 6.08 Å². The molecule has 0 heterocycles. The molecule has 17 heavy (non-hydrogen) atoms. The minimum Gasteiger partial charge on any atom is -0.103 e. The Labute approximate surface area is 108 Å². The summed E-state index contributed by atoms with van der Waals surface area (Å²) in [6.07, 6.45) is 25.1. The Morgan fingerprint density at radius 1 is 0.765 bits per heavy atom. The van der Waals surface area contributed by atoms with Crippen LogP contribution < -0.4 is 0 Å². The maximum Gasteiger partial charge on any atom is -0.0169 e. The summed E-state index contributed by atoms with van der Waals surface area (Å²) in [6.45, 7) is 5.93. The molecule has 0 aromatic rings. The van der Waals surface area contributed by atoms with Crippen LogP contribution in [0, 0.1) is 0 Å². The summed E-state index contributed by atoms with van der Waals surface area (Å²) in [7, 11) is 0. The van der Waals surface area contributed by atoms with Gasteiger partial charge in [0.1, 0.15) is 0 Å². The Balaban J connectivity index is 3.27. The van der Waals surface area contributed by atoms with E-state index in [0.29, 0.717) is 0 Å². The van der Waals surface area contributed by atoms with Crippen molar-refractivity contribution >= 4 is 0 Å². The molecule has 0 unspecified atom stereocenters. The van der Waals surface area contributed by atoms with Crippen molar-refractivity contribution in [2.45, 2.75) is 58.3 Å². The van der Waals surface area contributed by atoms with Crippen molar-refractivity contribution in [2.75, 3.05) is 0 Å². The molecular weight excluding hydrogens is 204 g/mol. The highest BCUT2D eigenvalue weighted by atomic mass is 13.9. The molecule has 0 rings (SSSR count). The zero-order chi connectivity index (χ0) is 12.6. The average Bonchev–Trinajstić information content (AvgIpc) is 2.35. The highest BCUT2D eigenvalue weighted by Gasteiger charge is 1.87. The van der Waals surface area contributed by atoms with Crippen molar-refractivity contribution in [2.24, 2.45) is 0 Å². The largest absolute Gasteiger partial charge is 0.103 e. The van der Waals surface area contributed by atoms with Crippen LogP contribution in [0.3, 0.4) is 0 Å². The van der Waals surface area contributed by atoms with E-state index in [-0.39, 0.29) is 0 Å². The second-order valence-corrected chi connectivity index (χ2v) is 4.32. The summed E-state index contributed by atoms with van der Waals surface area (Å²) >= 11 is 0. The molecule has 0 nitrogen and oxygen atoms in total. The van der Waals surface area contributed by atoms with E-state index in [0.717, 1.165) is 6.42 Å². The lowest BCUT2D eigenvalue weighted by atomic mass is 10.1. The van der Waals surface area contributed by atoms with Gasteiger partial charge in [0.2, 0.25) is 0 Å². The average molecular weight is 232 g/mol. The predicted molar refractivity (Wildman–Crippen MR) is 80.2 cm³/mol. The first-order chi connectivity index (χ1) is 8.41. The van der Waals surface area contributed by atoms with Crippen molar-refractivity contribution in [3.05, 3.63) is 49.1 Å². The van der Waals surface area contributed by atoms with Crippen LogP contribution in [-0.4, -0.2) is 0 Å². The van der Waals surface area contributed by atoms with Crippen LogP contribution in [-0.2, 0) is 0 Å². The highest BCUT2D eigenvalue weighted by molar-refractivity contribution is 5.11. The molecule has 0 amide bonds. The second kappa shape index (κ2) is 15.0. The quantitative estimate of drug-likeness (QED) is 0.233. The molecule has 0 aliphatic carbocycles. The van der Waals surface area contributed by atoms with Gasteiger partial charge in [-0.05, 0) is 19.3 Å². The van der Waals surface area contributed by atoms with Gasteiger partial charge in [-0.1, -0.05) is 81.6 Å². The molecule has 0 spiro atoms. The van der Waals surface area contributed by atoms with E-state index in [1.54, 1.807) is 0 Å². The Morgan fingerprint density at radius 2 is 1.41 bits per heavy atom. The topological polar surface area (TPSA) is 0 Å². The Kier molecular flexibility index (Phi) is 14.0. The zero-order valence-electron chi connectivity index (χ0n) is 11.4. The van der Waals surface area contributed by atoms with E-state index < -0.39 is 0 Å². The van der Waals surface area contributed by atoms with Crippen molar-refractivity contribution < 1.29 is 0 Å². The minimum atomic E-state index is 0.950. The molecule has 0 radical (unpaired) electrons. The van der Waals surface area contributed by atoms with Crippen LogP contribution >= 0.6 is 0 Å². The van der Waals surface area contributed by atoms with Gasteiger partial charge in [0.05, 0.1) is 0 Å². The van der Waals surface area contributed by atoms with Gasteiger partial charge in [0, 0.05) is 0 Å². The third-order valence-corrected chi connectivity index (χ3v) is 2.63. The van der Waals surface area contributed by atoms with Gasteiger partial charge in [0.15, 0.2) is 0 Å². The van der Waals surface area contributed by atoms with Crippen LogP contribution in [0.5, 0.6) is 0 Å². The smallest absolute Gasteiger partial charge is 0.0169 e. The molecule has 0 saturated carbocycles.